The zero-order chi connectivity index (χ0) is 14.4. The van der Waals surface area contributed by atoms with Gasteiger partial charge in [0, 0.05) is 24.0 Å². The predicted molar refractivity (Wildman–Crippen MR) is 76.0 cm³/mol. The third-order valence-corrected chi connectivity index (χ3v) is 3.40. The lowest BCUT2D eigenvalue weighted by atomic mass is 10.00. The molecule has 104 valence electrons. The summed E-state index contributed by atoms with van der Waals surface area (Å²) in [4.78, 5) is 12.2. The van der Waals surface area contributed by atoms with Gasteiger partial charge in [0.2, 0.25) is 0 Å². The Morgan fingerprint density at radius 1 is 1.21 bits per heavy atom. The van der Waals surface area contributed by atoms with E-state index in [2.05, 4.69) is 5.32 Å². The number of nitrogens with one attached hydrogen (secondary N) is 3. The summed E-state index contributed by atoms with van der Waals surface area (Å²) in [6, 6.07) is 0.165. The first-order valence-corrected chi connectivity index (χ1v) is 6.44. The van der Waals surface area contributed by atoms with E-state index in [0.29, 0.717) is 11.1 Å². The Labute approximate surface area is 113 Å². The highest BCUT2D eigenvalue weighted by Crippen LogP contribution is 2.21. The molecule has 0 heterocycles. The molecule has 0 aromatic heterocycles. The van der Waals surface area contributed by atoms with E-state index in [4.69, 9.17) is 10.8 Å². The molecule has 0 bridgehead atoms. The van der Waals surface area contributed by atoms with E-state index in [0.717, 1.165) is 38.1 Å². The van der Waals surface area contributed by atoms with E-state index in [-0.39, 0.29) is 23.3 Å². The number of hydrogen-bond acceptors (Lipinski definition) is 4. The van der Waals surface area contributed by atoms with Crippen LogP contribution in [-0.4, -0.2) is 29.5 Å². The van der Waals surface area contributed by atoms with E-state index in [1.165, 1.54) is 6.92 Å². The van der Waals surface area contributed by atoms with Gasteiger partial charge in [0.25, 0.3) is 5.91 Å². The van der Waals surface area contributed by atoms with Crippen LogP contribution >= 0.6 is 0 Å². The Balaban J connectivity index is 2.98. The lowest BCUT2D eigenvalue weighted by molar-refractivity contribution is -0.118. The lowest BCUT2D eigenvalue weighted by Crippen LogP contribution is -2.34. The van der Waals surface area contributed by atoms with Crippen LogP contribution in [0, 0.1) is 10.8 Å². The van der Waals surface area contributed by atoms with Gasteiger partial charge in [-0.15, -0.1) is 0 Å². The van der Waals surface area contributed by atoms with Crippen LogP contribution in [0.15, 0.2) is 22.5 Å². The molecule has 0 saturated heterocycles. The topological polar surface area (TPSA) is 97.0 Å². The zero-order valence-corrected chi connectivity index (χ0v) is 11.4. The number of aliphatic hydroxyl groups excluding tert-OH is 1. The summed E-state index contributed by atoms with van der Waals surface area (Å²) in [5.74, 6) is -0.417. The van der Waals surface area contributed by atoms with E-state index in [1.54, 1.807) is 6.92 Å². The van der Waals surface area contributed by atoms with Gasteiger partial charge in [0.15, 0.2) is 0 Å². The van der Waals surface area contributed by atoms with Crippen LogP contribution in [0.4, 0.5) is 0 Å². The van der Waals surface area contributed by atoms with E-state index in [1.807, 2.05) is 0 Å². The van der Waals surface area contributed by atoms with E-state index in [9.17, 15) is 9.90 Å². The van der Waals surface area contributed by atoms with Crippen LogP contribution in [-0.2, 0) is 4.79 Å². The minimum absolute atomic E-state index is 0.0887. The number of allylic oxidation sites excluding steroid dienone is 2. The van der Waals surface area contributed by atoms with Crippen LogP contribution in [0.5, 0.6) is 0 Å². The van der Waals surface area contributed by atoms with Crippen molar-refractivity contribution in [3.05, 3.63) is 22.5 Å². The summed E-state index contributed by atoms with van der Waals surface area (Å²) in [6.45, 7) is 3.08. The highest BCUT2D eigenvalue weighted by molar-refractivity contribution is 6.07. The van der Waals surface area contributed by atoms with Crippen molar-refractivity contribution >= 4 is 18.3 Å². The van der Waals surface area contributed by atoms with Crippen LogP contribution in [0.2, 0.25) is 0 Å². The molecule has 0 aromatic carbocycles. The number of carbonyl (C=O) groups excluding carboxylic acids is 1. The molecule has 1 fully saturated rings. The largest absolute Gasteiger partial charge is 0.512 e. The Kier molecular flexibility index (Phi) is 5.48. The molecule has 5 heteroatoms. The average Bonchev–Trinajstić information content (AvgIpc) is 2.83. The molecule has 1 aliphatic carbocycles. The highest BCUT2D eigenvalue weighted by Gasteiger charge is 2.22. The summed E-state index contributed by atoms with van der Waals surface area (Å²) < 4.78 is 0. The molecule has 0 aromatic rings. The van der Waals surface area contributed by atoms with Crippen molar-refractivity contribution in [3.8, 4) is 0 Å². The lowest BCUT2D eigenvalue weighted by Gasteiger charge is -2.16. The smallest absolute Gasteiger partial charge is 0.255 e. The second-order valence-corrected chi connectivity index (χ2v) is 4.78. The van der Waals surface area contributed by atoms with Crippen molar-refractivity contribution in [1.29, 1.82) is 10.8 Å². The first kappa shape index (κ1) is 15.1. The molecule has 0 radical (unpaired) electrons. The normalized spacial score (nSPS) is 16.5. The number of hydrogen-bond donors (Lipinski definition) is 4. The van der Waals surface area contributed by atoms with Crippen molar-refractivity contribution < 1.29 is 9.90 Å². The van der Waals surface area contributed by atoms with Gasteiger partial charge in [-0.1, -0.05) is 12.8 Å². The van der Waals surface area contributed by atoms with Gasteiger partial charge in [-0.25, -0.2) is 0 Å². The number of amides is 1. The summed E-state index contributed by atoms with van der Waals surface area (Å²) in [7, 11) is 0. The maximum absolute atomic E-state index is 12.2. The standard InChI is InChI=1S/C14H21N3O2/c1-9(11(7-15)8-16)13(10(2)18)14(19)17-12-5-3-4-6-12/h7-8,12,15-16,18H,3-6H2,1-2H3,(H,17,19). The molecule has 0 unspecified atom stereocenters. The van der Waals surface area contributed by atoms with Crippen LogP contribution < -0.4 is 5.32 Å². The molecule has 0 atom stereocenters. The predicted octanol–water partition coefficient (Wildman–Crippen LogP) is 2.49. The Morgan fingerprint density at radius 3 is 2.16 bits per heavy atom. The molecule has 1 aliphatic rings. The molecule has 1 amide bonds. The van der Waals surface area contributed by atoms with Gasteiger partial charge in [-0.2, -0.15) is 0 Å². The number of rotatable bonds is 5. The molecule has 1 rings (SSSR count). The Hall–Kier alpha value is -1.91. The summed E-state index contributed by atoms with van der Waals surface area (Å²) >= 11 is 0. The average molecular weight is 263 g/mol. The van der Waals surface area contributed by atoms with Crippen molar-refractivity contribution in [2.45, 2.75) is 45.6 Å². The second kappa shape index (κ2) is 6.87. The Bertz CT molecular complexity index is 430. The molecule has 4 N–H and O–H groups in total. The third-order valence-electron chi connectivity index (χ3n) is 3.40. The fourth-order valence-corrected chi connectivity index (χ4v) is 2.34. The first-order chi connectivity index (χ1) is 9.01. The maximum atomic E-state index is 12.2. The highest BCUT2D eigenvalue weighted by atomic mass is 16.3. The van der Waals surface area contributed by atoms with E-state index < -0.39 is 0 Å². The van der Waals surface area contributed by atoms with Crippen molar-refractivity contribution in [2.24, 2.45) is 0 Å². The molecular formula is C14H21N3O2. The number of aliphatic hydroxyl groups is 1. The Morgan fingerprint density at radius 2 is 1.74 bits per heavy atom. The SMILES string of the molecule is CC(O)=C(C(=O)NC1CCCC1)C(C)=C(C=N)C=N. The molecular weight excluding hydrogens is 242 g/mol. The summed E-state index contributed by atoms with van der Waals surface area (Å²) in [5.41, 5.74) is 0.916. The van der Waals surface area contributed by atoms with Gasteiger partial charge in [-0.3, -0.25) is 4.79 Å². The van der Waals surface area contributed by atoms with Crippen molar-refractivity contribution in [2.75, 3.05) is 0 Å². The van der Waals surface area contributed by atoms with Gasteiger partial charge in [-0.05, 0) is 32.3 Å². The fraction of sp³-hybridized carbons (Fsp3) is 0.500. The quantitative estimate of drug-likeness (QED) is 0.265. The third kappa shape index (κ3) is 3.77. The number of carbonyl (C=O) groups is 1. The summed E-state index contributed by atoms with van der Waals surface area (Å²) in [5, 5.41) is 27.0. The van der Waals surface area contributed by atoms with Crippen LogP contribution in [0.1, 0.15) is 39.5 Å². The molecule has 5 nitrogen and oxygen atoms in total. The molecule has 19 heavy (non-hydrogen) atoms. The van der Waals surface area contributed by atoms with Crippen molar-refractivity contribution in [3.63, 3.8) is 0 Å². The van der Waals surface area contributed by atoms with Crippen LogP contribution in [0.3, 0.4) is 0 Å². The summed E-state index contributed by atoms with van der Waals surface area (Å²) in [6.07, 6.45) is 6.18. The molecule has 0 spiro atoms. The first-order valence-electron chi connectivity index (χ1n) is 6.44. The van der Waals surface area contributed by atoms with Crippen LogP contribution in [0.25, 0.3) is 0 Å². The minimum Gasteiger partial charge on any atom is -0.512 e. The van der Waals surface area contributed by atoms with Gasteiger partial charge in [0.05, 0.1) is 5.57 Å². The van der Waals surface area contributed by atoms with E-state index >= 15 is 0 Å². The monoisotopic (exact) mass is 263 g/mol. The zero-order valence-electron chi connectivity index (χ0n) is 11.4. The molecule has 1 saturated carbocycles. The molecule has 0 aliphatic heterocycles. The van der Waals surface area contributed by atoms with Crippen molar-refractivity contribution in [1.82, 2.24) is 5.32 Å². The minimum atomic E-state index is -0.328. The maximum Gasteiger partial charge on any atom is 0.255 e. The fourth-order valence-electron chi connectivity index (χ4n) is 2.34. The van der Waals surface area contributed by atoms with Gasteiger partial charge < -0.3 is 21.2 Å². The second-order valence-electron chi connectivity index (χ2n) is 4.78. The van der Waals surface area contributed by atoms with Gasteiger partial charge >= 0.3 is 0 Å². The van der Waals surface area contributed by atoms with Gasteiger partial charge in [0.1, 0.15) is 5.76 Å².